The summed E-state index contributed by atoms with van der Waals surface area (Å²) < 4.78 is 5.25. The van der Waals surface area contributed by atoms with Crippen molar-refractivity contribution in [1.29, 1.82) is 0 Å². The van der Waals surface area contributed by atoms with Crippen molar-refractivity contribution < 1.29 is 9.84 Å². The van der Waals surface area contributed by atoms with Gasteiger partial charge in [-0.1, -0.05) is 18.2 Å². The van der Waals surface area contributed by atoms with E-state index in [9.17, 15) is 5.11 Å². The van der Waals surface area contributed by atoms with Gasteiger partial charge in [-0.05, 0) is 67.9 Å². The summed E-state index contributed by atoms with van der Waals surface area (Å²) in [4.78, 5) is 4.69. The first-order valence-electron chi connectivity index (χ1n) is 9.17. The Labute approximate surface area is 150 Å². The summed E-state index contributed by atoms with van der Waals surface area (Å²) >= 11 is 0. The standard InChI is InChI=1S/C21H28N2O2/c1-15(16-9-11-19(25-2)12-10-16)23-21-18(6-4-14-24)8-7-17-5-3-13-22-20(17)21/h3,5,9-13,15,18,21,23-24H,4,6-8,14H2,1-2H3/t15-,18-,21?/m0/s1. The predicted molar refractivity (Wildman–Crippen MR) is 99.7 cm³/mol. The molecule has 2 aromatic rings. The van der Waals surface area contributed by atoms with Crippen molar-refractivity contribution in [2.45, 2.75) is 44.7 Å². The molecule has 0 fully saturated rings. The minimum absolute atomic E-state index is 0.223. The molecule has 0 amide bonds. The van der Waals surface area contributed by atoms with Gasteiger partial charge in [-0.2, -0.15) is 0 Å². The molecule has 0 aliphatic heterocycles. The van der Waals surface area contributed by atoms with Gasteiger partial charge < -0.3 is 15.2 Å². The van der Waals surface area contributed by atoms with Crippen molar-refractivity contribution in [2.24, 2.45) is 5.92 Å². The molecule has 0 bridgehead atoms. The number of nitrogens with zero attached hydrogens (tertiary/aromatic N) is 1. The summed E-state index contributed by atoms with van der Waals surface area (Å²) in [7, 11) is 1.69. The molecule has 1 aromatic carbocycles. The van der Waals surface area contributed by atoms with E-state index in [4.69, 9.17) is 4.74 Å². The number of aliphatic hydroxyl groups is 1. The Morgan fingerprint density at radius 3 is 2.80 bits per heavy atom. The topological polar surface area (TPSA) is 54.4 Å². The Kier molecular flexibility index (Phi) is 6.05. The zero-order valence-electron chi connectivity index (χ0n) is 15.1. The van der Waals surface area contributed by atoms with Crippen molar-refractivity contribution in [2.75, 3.05) is 13.7 Å². The molecular weight excluding hydrogens is 312 g/mol. The number of hydrogen-bond donors (Lipinski definition) is 2. The lowest BCUT2D eigenvalue weighted by molar-refractivity contribution is 0.232. The van der Waals surface area contributed by atoms with Gasteiger partial charge in [-0.15, -0.1) is 0 Å². The number of nitrogens with one attached hydrogen (secondary N) is 1. The van der Waals surface area contributed by atoms with Crippen molar-refractivity contribution in [3.05, 3.63) is 59.4 Å². The second kappa shape index (κ2) is 8.45. The van der Waals surface area contributed by atoms with Crippen molar-refractivity contribution >= 4 is 0 Å². The Balaban J connectivity index is 1.80. The number of fused-ring (bicyclic) bond motifs is 1. The molecule has 1 unspecified atom stereocenters. The Morgan fingerprint density at radius 2 is 2.08 bits per heavy atom. The molecule has 2 N–H and O–H groups in total. The Bertz CT molecular complexity index is 672. The first-order chi connectivity index (χ1) is 12.2. The van der Waals surface area contributed by atoms with E-state index in [-0.39, 0.29) is 18.7 Å². The lowest BCUT2D eigenvalue weighted by atomic mass is 9.79. The number of hydrogen-bond acceptors (Lipinski definition) is 4. The second-order valence-electron chi connectivity index (χ2n) is 6.85. The molecule has 134 valence electrons. The lowest BCUT2D eigenvalue weighted by Gasteiger charge is -2.35. The highest BCUT2D eigenvalue weighted by Crippen LogP contribution is 2.37. The van der Waals surface area contributed by atoms with E-state index < -0.39 is 0 Å². The van der Waals surface area contributed by atoms with Crippen LogP contribution in [0.2, 0.25) is 0 Å². The third kappa shape index (κ3) is 4.20. The Hall–Kier alpha value is -1.91. The van der Waals surface area contributed by atoms with Crippen LogP contribution in [0.25, 0.3) is 0 Å². The van der Waals surface area contributed by atoms with Gasteiger partial charge in [0.05, 0.1) is 18.8 Å². The molecule has 1 heterocycles. The van der Waals surface area contributed by atoms with E-state index in [1.807, 2.05) is 24.4 Å². The van der Waals surface area contributed by atoms with Crippen LogP contribution in [0.3, 0.4) is 0 Å². The maximum Gasteiger partial charge on any atom is 0.118 e. The number of aryl methyl sites for hydroxylation is 1. The van der Waals surface area contributed by atoms with Crippen molar-refractivity contribution in [1.82, 2.24) is 10.3 Å². The molecule has 1 aliphatic rings. The quantitative estimate of drug-likeness (QED) is 0.804. The molecule has 0 radical (unpaired) electrons. The highest BCUT2D eigenvalue weighted by Gasteiger charge is 2.31. The fourth-order valence-electron chi connectivity index (χ4n) is 3.81. The fraction of sp³-hybridized carbons (Fsp3) is 0.476. The van der Waals surface area contributed by atoms with E-state index in [2.05, 4.69) is 35.4 Å². The summed E-state index contributed by atoms with van der Waals surface area (Å²) in [6, 6.07) is 12.9. The van der Waals surface area contributed by atoms with E-state index in [1.54, 1.807) is 7.11 Å². The van der Waals surface area contributed by atoms with Crippen LogP contribution >= 0.6 is 0 Å². The molecule has 1 aromatic heterocycles. The number of pyridine rings is 1. The minimum atomic E-state index is 0.223. The first-order valence-corrected chi connectivity index (χ1v) is 9.17. The molecule has 0 saturated heterocycles. The smallest absolute Gasteiger partial charge is 0.118 e. The molecule has 4 heteroatoms. The number of aliphatic hydroxyl groups excluding tert-OH is 1. The van der Waals surface area contributed by atoms with Crippen LogP contribution in [0.4, 0.5) is 0 Å². The summed E-state index contributed by atoms with van der Waals surface area (Å²) in [5, 5.41) is 13.0. The summed E-state index contributed by atoms with van der Waals surface area (Å²) in [6.07, 6.45) is 5.99. The van der Waals surface area contributed by atoms with Gasteiger partial charge in [-0.3, -0.25) is 4.98 Å². The molecule has 1 aliphatic carbocycles. The summed E-state index contributed by atoms with van der Waals surface area (Å²) in [5.74, 6) is 1.39. The summed E-state index contributed by atoms with van der Waals surface area (Å²) in [5.41, 5.74) is 3.77. The average molecular weight is 340 g/mol. The average Bonchev–Trinajstić information content (AvgIpc) is 2.67. The van der Waals surface area contributed by atoms with Gasteiger partial charge >= 0.3 is 0 Å². The first kappa shape index (κ1) is 17.9. The van der Waals surface area contributed by atoms with Crippen molar-refractivity contribution in [3.63, 3.8) is 0 Å². The number of benzene rings is 1. The summed E-state index contributed by atoms with van der Waals surface area (Å²) in [6.45, 7) is 2.45. The van der Waals surface area contributed by atoms with Crippen LogP contribution in [0, 0.1) is 5.92 Å². The molecule has 25 heavy (non-hydrogen) atoms. The third-order valence-electron chi connectivity index (χ3n) is 5.25. The van der Waals surface area contributed by atoms with E-state index in [0.29, 0.717) is 5.92 Å². The van der Waals surface area contributed by atoms with Gasteiger partial charge in [-0.25, -0.2) is 0 Å². The highest BCUT2D eigenvalue weighted by molar-refractivity contribution is 5.30. The fourth-order valence-corrected chi connectivity index (χ4v) is 3.81. The van der Waals surface area contributed by atoms with Gasteiger partial charge in [0.2, 0.25) is 0 Å². The number of ether oxygens (including phenoxy) is 1. The molecule has 4 nitrogen and oxygen atoms in total. The normalized spacial score (nSPS) is 20.8. The van der Waals surface area contributed by atoms with Crippen LogP contribution < -0.4 is 10.1 Å². The van der Waals surface area contributed by atoms with Gasteiger partial charge in [0.1, 0.15) is 5.75 Å². The van der Waals surface area contributed by atoms with Crippen LogP contribution in [-0.4, -0.2) is 23.8 Å². The van der Waals surface area contributed by atoms with E-state index >= 15 is 0 Å². The largest absolute Gasteiger partial charge is 0.497 e. The van der Waals surface area contributed by atoms with Gasteiger partial charge in [0, 0.05) is 18.8 Å². The second-order valence-corrected chi connectivity index (χ2v) is 6.85. The molecule has 0 saturated carbocycles. The highest BCUT2D eigenvalue weighted by atomic mass is 16.5. The number of aromatic nitrogens is 1. The van der Waals surface area contributed by atoms with E-state index in [1.165, 1.54) is 16.8 Å². The SMILES string of the molecule is COc1ccc([C@H](C)NC2c3ncccc3CC[C@@H]2CCCO)cc1. The zero-order valence-corrected chi connectivity index (χ0v) is 15.1. The van der Waals surface area contributed by atoms with Gasteiger partial charge in [0.15, 0.2) is 0 Å². The van der Waals surface area contributed by atoms with Crippen LogP contribution in [0.15, 0.2) is 42.6 Å². The molecule has 3 atom stereocenters. The molecular formula is C21H28N2O2. The third-order valence-corrected chi connectivity index (χ3v) is 5.25. The lowest BCUT2D eigenvalue weighted by Crippen LogP contribution is -2.35. The maximum atomic E-state index is 9.24. The monoisotopic (exact) mass is 340 g/mol. The number of methoxy groups -OCH3 is 1. The predicted octanol–water partition coefficient (Wildman–Crippen LogP) is 3.82. The van der Waals surface area contributed by atoms with Gasteiger partial charge in [0.25, 0.3) is 0 Å². The van der Waals surface area contributed by atoms with Crippen LogP contribution in [-0.2, 0) is 6.42 Å². The van der Waals surface area contributed by atoms with Crippen molar-refractivity contribution in [3.8, 4) is 5.75 Å². The molecule has 0 spiro atoms. The maximum absolute atomic E-state index is 9.24. The number of rotatable bonds is 7. The minimum Gasteiger partial charge on any atom is -0.497 e. The zero-order chi connectivity index (χ0) is 17.6. The van der Waals surface area contributed by atoms with E-state index in [0.717, 1.165) is 31.4 Å². The molecule has 3 rings (SSSR count). The Morgan fingerprint density at radius 1 is 1.28 bits per heavy atom. The van der Waals surface area contributed by atoms with Crippen LogP contribution in [0.5, 0.6) is 5.75 Å². The van der Waals surface area contributed by atoms with Crippen LogP contribution in [0.1, 0.15) is 55.1 Å².